The second kappa shape index (κ2) is 11.0. The number of nitrogens with zero attached hydrogens (tertiary/aromatic N) is 2. The third-order valence-corrected chi connectivity index (χ3v) is 5.79. The summed E-state index contributed by atoms with van der Waals surface area (Å²) in [7, 11) is 0. The maximum atomic E-state index is 12.8. The van der Waals surface area contributed by atoms with Gasteiger partial charge in [0.25, 0.3) is 5.91 Å². The first kappa shape index (κ1) is 22.9. The summed E-state index contributed by atoms with van der Waals surface area (Å²) in [6.45, 7) is 1.38. The van der Waals surface area contributed by atoms with Gasteiger partial charge in [-0.15, -0.1) is 0 Å². The largest absolute Gasteiger partial charge is 0.493 e. The van der Waals surface area contributed by atoms with Crippen LogP contribution in [0.5, 0.6) is 5.75 Å². The standard InChI is InChI=1S/C23H23Cl2N3O3/c24-20-9-8-16(13-21(20)25)23(30)28-11-4-5-17(15-28)22(29)27-18-6-3-7-19(14-18)31-12-2-1-10-26/h3,6-9,13-14,17H,1-2,4-5,11-12,15H2,(H,27,29). The molecule has 1 aliphatic heterocycles. The van der Waals surface area contributed by atoms with Crippen LogP contribution >= 0.6 is 23.2 Å². The lowest BCUT2D eigenvalue weighted by Crippen LogP contribution is -2.43. The summed E-state index contributed by atoms with van der Waals surface area (Å²) in [5.41, 5.74) is 1.09. The van der Waals surface area contributed by atoms with E-state index in [0.29, 0.717) is 66.0 Å². The first-order valence-corrected chi connectivity index (χ1v) is 10.9. The lowest BCUT2D eigenvalue weighted by Gasteiger charge is -2.32. The minimum Gasteiger partial charge on any atom is -0.493 e. The van der Waals surface area contributed by atoms with E-state index in [0.717, 1.165) is 6.42 Å². The van der Waals surface area contributed by atoms with Gasteiger partial charge in [0, 0.05) is 36.8 Å². The Morgan fingerprint density at radius 1 is 1.19 bits per heavy atom. The molecule has 0 saturated carbocycles. The number of unbranched alkanes of at least 4 members (excludes halogenated alkanes) is 1. The predicted octanol–water partition coefficient (Wildman–Crippen LogP) is 5.17. The molecule has 0 bridgehead atoms. The van der Waals surface area contributed by atoms with Crippen molar-refractivity contribution in [2.45, 2.75) is 25.7 Å². The molecule has 31 heavy (non-hydrogen) atoms. The van der Waals surface area contributed by atoms with Gasteiger partial charge >= 0.3 is 0 Å². The van der Waals surface area contributed by atoms with Crippen molar-refractivity contribution < 1.29 is 14.3 Å². The number of carbonyl (C=O) groups excluding carboxylic acids is 2. The van der Waals surface area contributed by atoms with Crippen LogP contribution in [0.4, 0.5) is 5.69 Å². The summed E-state index contributed by atoms with van der Waals surface area (Å²) in [5, 5.41) is 12.2. The number of hydrogen-bond donors (Lipinski definition) is 1. The number of piperidine rings is 1. The van der Waals surface area contributed by atoms with Crippen LogP contribution in [-0.4, -0.2) is 36.4 Å². The fourth-order valence-corrected chi connectivity index (χ4v) is 3.73. The molecule has 3 rings (SSSR count). The maximum absolute atomic E-state index is 12.8. The molecule has 0 spiro atoms. The van der Waals surface area contributed by atoms with Crippen molar-refractivity contribution in [2.24, 2.45) is 5.92 Å². The van der Waals surface area contributed by atoms with E-state index in [9.17, 15) is 9.59 Å². The van der Waals surface area contributed by atoms with Gasteiger partial charge < -0.3 is 15.0 Å². The number of rotatable bonds is 7. The molecule has 1 aliphatic rings. The van der Waals surface area contributed by atoms with Gasteiger partial charge in [0.15, 0.2) is 0 Å². The van der Waals surface area contributed by atoms with Gasteiger partial charge in [-0.05, 0) is 49.6 Å². The molecule has 2 aromatic carbocycles. The lowest BCUT2D eigenvalue weighted by molar-refractivity contribution is -0.121. The molecule has 0 radical (unpaired) electrons. The number of amides is 2. The molecule has 1 fully saturated rings. The fraction of sp³-hybridized carbons (Fsp3) is 0.348. The van der Waals surface area contributed by atoms with Gasteiger partial charge in [-0.25, -0.2) is 0 Å². The number of likely N-dealkylation sites (tertiary alicyclic amines) is 1. The van der Waals surface area contributed by atoms with E-state index < -0.39 is 0 Å². The molecule has 0 aliphatic carbocycles. The summed E-state index contributed by atoms with van der Waals surface area (Å²) >= 11 is 12.0. The van der Waals surface area contributed by atoms with Crippen LogP contribution in [-0.2, 0) is 4.79 Å². The lowest BCUT2D eigenvalue weighted by atomic mass is 9.96. The topological polar surface area (TPSA) is 82.4 Å². The number of carbonyl (C=O) groups is 2. The van der Waals surface area contributed by atoms with E-state index in [-0.39, 0.29) is 17.7 Å². The van der Waals surface area contributed by atoms with Crippen LogP contribution in [0, 0.1) is 17.2 Å². The molecule has 8 heteroatoms. The van der Waals surface area contributed by atoms with E-state index in [2.05, 4.69) is 11.4 Å². The SMILES string of the molecule is N#CCCCOc1cccc(NC(=O)C2CCCN(C(=O)c3ccc(Cl)c(Cl)c3)C2)c1. The summed E-state index contributed by atoms with van der Waals surface area (Å²) in [4.78, 5) is 27.3. The molecular formula is C23H23Cl2N3O3. The highest BCUT2D eigenvalue weighted by molar-refractivity contribution is 6.42. The highest BCUT2D eigenvalue weighted by atomic mass is 35.5. The summed E-state index contributed by atoms with van der Waals surface area (Å²) < 4.78 is 5.62. The zero-order chi connectivity index (χ0) is 22.2. The molecule has 1 unspecified atom stereocenters. The van der Waals surface area contributed by atoms with Crippen molar-refractivity contribution in [3.63, 3.8) is 0 Å². The summed E-state index contributed by atoms with van der Waals surface area (Å²) in [5.74, 6) is 0.0357. The Bertz CT molecular complexity index is 990. The third kappa shape index (κ3) is 6.36. The monoisotopic (exact) mass is 459 g/mol. The number of benzene rings is 2. The summed E-state index contributed by atoms with van der Waals surface area (Å²) in [6.07, 6.45) is 2.54. The normalized spacial score (nSPS) is 15.8. The van der Waals surface area contributed by atoms with E-state index >= 15 is 0 Å². The Hall–Kier alpha value is -2.75. The van der Waals surface area contributed by atoms with Gasteiger partial charge in [-0.1, -0.05) is 29.3 Å². The van der Waals surface area contributed by atoms with Crippen molar-refractivity contribution in [3.8, 4) is 11.8 Å². The molecule has 1 heterocycles. The third-order valence-electron chi connectivity index (χ3n) is 5.05. The van der Waals surface area contributed by atoms with Crippen LogP contribution < -0.4 is 10.1 Å². The van der Waals surface area contributed by atoms with Gasteiger partial charge in [-0.3, -0.25) is 9.59 Å². The Kier molecular flexibility index (Phi) is 8.16. The minimum atomic E-state index is -0.305. The molecule has 1 N–H and O–H groups in total. The Morgan fingerprint density at radius 2 is 2.03 bits per heavy atom. The molecule has 1 atom stereocenters. The van der Waals surface area contributed by atoms with Gasteiger partial charge in [0.2, 0.25) is 5.91 Å². The zero-order valence-corrected chi connectivity index (χ0v) is 18.5. The molecule has 0 aromatic heterocycles. The average molecular weight is 460 g/mol. The molecular weight excluding hydrogens is 437 g/mol. The van der Waals surface area contributed by atoms with Crippen LogP contribution in [0.3, 0.4) is 0 Å². The fourth-order valence-electron chi connectivity index (χ4n) is 3.44. The zero-order valence-electron chi connectivity index (χ0n) is 16.9. The number of ether oxygens (including phenoxy) is 1. The van der Waals surface area contributed by atoms with Crippen LogP contribution in [0.1, 0.15) is 36.0 Å². The number of nitrogens with one attached hydrogen (secondary N) is 1. The number of anilines is 1. The minimum absolute atomic E-state index is 0.131. The van der Waals surface area contributed by atoms with Gasteiger partial charge in [0.1, 0.15) is 5.75 Å². The molecule has 1 saturated heterocycles. The van der Waals surface area contributed by atoms with Crippen molar-refractivity contribution in [1.82, 2.24) is 4.90 Å². The van der Waals surface area contributed by atoms with E-state index in [1.807, 2.05) is 0 Å². The van der Waals surface area contributed by atoms with E-state index in [1.165, 1.54) is 0 Å². The molecule has 6 nitrogen and oxygen atoms in total. The second-order valence-electron chi connectivity index (χ2n) is 7.35. The van der Waals surface area contributed by atoms with E-state index in [1.54, 1.807) is 47.4 Å². The van der Waals surface area contributed by atoms with Crippen molar-refractivity contribution in [2.75, 3.05) is 25.0 Å². The molecule has 162 valence electrons. The second-order valence-corrected chi connectivity index (χ2v) is 8.16. The predicted molar refractivity (Wildman–Crippen MR) is 121 cm³/mol. The first-order chi connectivity index (χ1) is 15.0. The molecule has 2 amide bonds. The Morgan fingerprint density at radius 3 is 2.81 bits per heavy atom. The smallest absolute Gasteiger partial charge is 0.253 e. The number of hydrogen-bond acceptors (Lipinski definition) is 4. The highest BCUT2D eigenvalue weighted by Gasteiger charge is 2.29. The number of nitriles is 1. The Labute approximate surface area is 191 Å². The summed E-state index contributed by atoms with van der Waals surface area (Å²) in [6, 6.07) is 14.0. The van der Waals surface area contributed by atoms with Crippen LogP contribution in [0.2, 0.25) is 10.0 Å². The first-order valence-electron chi connectivity index (χ1n) is 10.1. The quantitative estimate of drug-likeness (QED) is 0.579. The van der Waals surface area contributed by atoms with Crippen LogP contribution in [0.15, 0.2) is 42.5 Å². The van der Waals surface area contributed by atoms with E-state index in [4.69, 9.17) is 33.2 Å². The number of halogens is 2. The average Bonchev–Trinajstić information content (AvgIpc) is 2.78. The van der Waals surface area contributed by atoms with Crippen LogP contribution in [0.25, 0.3) is 0 Å². The Balaban J connectivity index is 1.59. The maximum Gasteiger partial charge on any atom is 0.253 e. The van der Waals surface area contributed by atoms with Crippen molar-refractivity contribution >= 4 is 40.7 Å². The molecule has 2 aromatic rings. The highest BCUT2D eigenvalue weighted by Crippen LogP contribution is 2.26. The van der Waals surface area contributed by atoms with Gasteiger partial charge in [0.05, 0.1) is 28.6 Å². The van der Waals surface area contributed by atoms with Crippen molar-refractivity contribution in [1.29, 1.82) is 5.26 Å². The van der Waals surface area contributed by atoms with Gasteiger partial charge in [-0.2, -0.15) is 5.26 Å². The van der Waals surface area contributed by atoms with Crippen molar-refractivity contribution in [3.05, 3.63) is 58.1 Å².